The Morgan fingerprint density at radius 3 is 2.42 bits per heavy atom. The van der Waals surface area contributed by atoms with Crippen molar-refractivity contribution in [3.63, 3.8) is 0 Å². The third kappa shape index (κ3) is 3.28. The predicted molar refractivity (Wildman–Crippen MR) is 77.7 cm³/mol. The van der Waals surface area contributed by atoms with Gasteiger partial charge in [0.2, 0.25) is 0 Å². The van der Waals surface area contributed by atoms with E-state index < -0.39 is 5.97 Å². The number of hydrogen-bond donors (Lipinski definition) is 1. The molecule has 0 saturated carbocycles. The monoisotopic (exact) mass is 261 g/mol. The fourth-order valence-corrected chi connectivity index (χ4v) is 2.59. The molecule has 1 saturated heterocycles. The first-order valence-electron chi connectivity index (χ1n) is 6.96. The lowest BCUT2D eigenvalue weighted by atomic mass is 9.87. The Morgan fingerprint density at radius 2 is 1.89 bits per heavy atom. The number of rotatable bonds is 2. The van der Waals surface area contributed by atoms with Crippen LogP contribution in [0.4, 0.5) is 5.69 Å². The lowest BCUT2D eigenvalue weighted by molar-refractivity contribution is -0.141. The quantitative estimate of drug-likeness (QED) is 0.888. The zero-order chi connectivity index (χ0) is 14.0. The van der Waals surface area contributed by atoms with Crippen LogP contribution in [0, 0.1) is 5.92 Å². The Balaban J connectivity index is 2.12. The Kier molecular flexibility index (Phi) is 3.83. The van der Waals surface area contributed by atoms with E-state index in [9.17, 15) is 4.79 Å². The zero-order valence-corrected chi connectivity index (χ0v) is 12.0. The molecule has 1 aromatic carbocycles. The van der Waals surface area contributed by atoms with E-state index in [4.69, 9.17) is 5.11 Å². The van der Waals surface area contributed by atoms with Crippen LogP contribution in [-0.4, -0.2) is 24.2 Å². The molecule has 0 aromatic heterocycles. The van der Waals surface area contributed by atoms with Gasteiger partial charge in [0.1, 0.15) is 0 Å². The van der Waals surface area contributed by atoms with Crippen molar-refractivity contribution in [3.05, 3.63) is 29.8 Å². The highest BCUT2D eigenvalue weighted by Crippen LogP contribution is 2.27. The van der Waals surface area contributed by atoms with Gasteiger partial charge in [0, 0.05) is 18.8 Å². The molecule has 1 fully saturated rings. The molecule has 1 N–H and O–H groups in total. The molecule has 2 rings (SSSR count). The van der Waals surface area contributed by atoms with Crippen molar-refractivity contribution in [2.45, 2.75) is 39.0 Å². The van der Waals surface area contributed by atoms with Gasteiger partial charge in [-0.05, 0) is 36.0 Å². The lowest BCUT2D eigenvalue weighted by Gasteiger charge is -2.33. The first-order valence-corrected chi connectivity index (χ1v) is 6.96. The van der Waals surface area contributed by atoms with Crippen LogP contribution in [-0.2, 0) is 10.2 Å². The summed E-state index contributed by atoms with van der Waals surface area (Å²) in [7, 11) is 0. The normalized spacial score (nSPS) is 20.4. The molecule has 0 spiro atoms. The molecule has 1 heterocycles. The van der Waals surface area contributed by atoms with E-state index in [0.29, 0.717) is 6.54 Å². The minimum Gasteiger partial charge on any atom is -0.481 e. The van der Waals surface area contributed by atoms with Gasteiger partial charge in [-0.2, -0.15) is 0 Å². The molecule has 0 aliphatic carbocycles. The van der Waals surface area contributed by atoms with Crippen molar-refractivity contribution >= 4 is 11.7 Å². The number of piperidine rings is 1. The molecule has 0 amide bonds. The minimum absolute atomic E-state index is 0.157. The highest BCUT2D eigenvalue weighted by atomic mass is 16.4. The van der Waals surface area contributed by atoms with Crippen molar-refractivity contribution < 1.29 is 9.90 Å². The molecule has 19 heavy (non-hydrogen) atoms. The molecule has 104 valence electrons. The van der Waals surface area contributed by atoms with Crippen molar-refractivity contribution in [2.24, 2.45) is 5.92 Å². The van der Waals surface area contributed by atoms with Gasteiger partial charge in [0.05, 0.1) is 5.92 Å². The highest BCUT2D eigenvalue weighted by molar-refractivity contribution is 5.71. The van der Waals surface area contributed by atoms with Gasteiger partial charge in [-0.25, -0.2) is 0 Å². The summed E-state index contributed by atoms with van der Waals surface area (Å²) >= 11 is 0. The maximum absolute atomic E-state index is 11.1. The summed E-state index contributed by atoms with van der Waals surface area (Å²) in [5.41, 5.74) is 2.60. The molecular formula is C16H23NO2. The molecule has 3 heteroatoms. The summed E-state index contributed by atoms with van der Waals surface area (Å²) in [4.78, 5) is 13.3. The molecule has 0 radical (unpaired) electrons. The Labute approximate surface area is 115 Å². The third-order valence-electron chi connectivity index (χ3n) is 3.87. The van der Waals surface area contributed by atoms with E-state index in [2.05, 4.69) is 49.9 Å². The van der Waals surface area contributed by atoms with E-state index in [1.807, 2.05) is 0 Å². The van der Waals surface area contributed by atoms with Gasteiger partial charge in [-0.1, -0.05) is 32.9 Å². The lowest BCUT2D eigenvalue weighted by Crippen LogP contribution is -2.38. The van der Waals surface area contributed by atoms with E-state index in [1.54, 1.807) is 0 Å². The zero-order valence-electron chi connectivity index (χ0n) is 12.0. The van der Waals surface area contributed by atoms with Crippen LogP contribution in [0.3, 0.4) is 0 Å². The van der Waals surface area contributed by atoms with Crippen LogP contribution >= 0.6 is 0 Å². The summed E-state index contributed by atoms with van der Waals surface area (Å²) < 4.78 is 0. The van der Waals surface area contributed by atoms with Crippen molar-refractivity contribution in [3.8, 4) is 0 Å². The smallest absolute Gasteiger partial charge is 0.308 e. The number of hydrogen-bond acceptors (Lipinski definition) is 2. The van der Waals surface area contributed by atoms with E-state index in [1.165, 1.54) is 5.56 Å². The molecule has 1 aliphatic rings. The summed E-state index contributed by atoms with van der Waals surface area (Å²) in [5.74, 6) is -0.896. The summed E-state index contributed by atoms with van der Waals surface area (Å²) in [6.07, 6.45) is 1.75. The number of nitrogens with zero attached hydrogens (tertiary/aromatic N) is 1. The van der Waals surface area contributed by atoms with Crippen LogP contribution < -0.4 is 4.90 Å². The van der Waals surface area contributed by atoms with Crippen LogP contribution in [0.15, 0.2) is 24.3 Å². The van der Waals surface area contributed by atoms with Gasteiger partial charge in [0.15, 0.2) is 0 Å². The number of aliphatic carboxylic acids is 1. The van der Waals surface area contributed by atoms with Crippen molar-refractivity contribution in [1.29, 1.82) is 0 Å². The summed E-state index contributed by atoms with van der Waals surface area (Å²) in [5, 5.41) is 9.13. The largest absolute Gasteiger partial charge is 0.481 e. The molecule has 1 aromatic rings. The average molecular weight is 261 g/mol. The number of benzene rings is 1. The second kappa shape index (κ2) is 5.24. The molecule has 3 nitrogen and oxygen atoms in total. The van der Waals surface area contributed by atoms with E-state index in [-0.39, 0.29) is 11.3 Å². The Morgan fingerprint density at radius 1 is 1.26 bits per heavy atom. The van der Waals surface area contributed by atoms with Crippen LogP contribution in [0.2, 0.25) is 0 Å². The van der Waals surface area contributed by atoms with Crippen LogP contribution in [0.5, 0.6) is 0 Å². The first-order chi connectivity index (χ1) is 8.88. The maximum Gasteiger partial charge on any atom is 0.308 e. The number of carbonyl (C=O) groups is 1. The Bertz CT molecular complexity index is 445. The predicted octanol–water partition coefficient (Wildman–Crippen LogP) is 3.29. The first kappa shape index (κ1) is 13.9. The van der Waals surface area contributed by atoms with E-state index >= 15 is 0 Å². The highest BCUT2D eigenvalue weighted by Gasteiger charge is 2.25. The molecule has 1 aliphatic heterocycles. The SMILES string of the molecule is CC(C)(C)c1ccc(N2CCCC(C(=O)O)C2)cc1. The van der Waals surface area contributed by atoms with Crippen LogP contribution in [0.1, 0.15) is 39.2 Å². The molecule has 0 bridgehead atoms. The average Bonchev–Trinajstić information content (AvgIpc) is 2.38. The van der Waals surface area contributed by atoms with Gasteiger partial charge < -0.3 is 10.0 Å². The van der Waals surface area contributed by atoms with Gasteiger partial charge >= 0.3 is 5.97 Å². The van der Waals surface area contributed by atoms with E-state index in [0.717, 1.165) is 25.1 Å². The Hall–Kier alpha value is -1.51. The summed E-state index contributed by atoms with van der Waals surface area (Å²) in [6.45, 7) is 8.18. The summed E-state index contributed by atoms with van der Waals surface area (Å²) in [6, 6.07) is 8.54. The van der Waals surface area contributed by atoms with Gasteiger partial charge in [-0.3, -0.25) is 4.79 Å². The standard InChI is InChI=1S/C16H23NO2/c1-16(2,3)13-6-8-14(9-7-13)17-10-4-5-12(11-17)15(18)19/h6-9,12H,4-5,10-11H2,1-3H3,(H,18,19). The number of anilines is 1. The molecule has 1 unspecified atom stereocenters. The minimum atomic E-state index is -0.670. The maximum atomic E-state index is 11.1. The molecule has 1 atom stereocenters. The van der Waals surface area contributed by atoms with Gasteiger partial charge in [-0.15, -0.1) is 0 Å². The number of carboxylic acids is 1. The third-order valence-corrected chi connectivity index (χ3v) is 3.87. The second-order valence-electron chi connectivity index (χ2n) is 6.42. The fraction of sp³-hybridized carbons (Fsp3) is 0.562. The molecular weight excluding hydrogens is 238 g/mol. The fourth-order valence-electron chi connectivity index (χ4n) is 2.59. The topological polar surface area (TPSA) is 40.5 Å². The van der Waals surface area contributed by atoms with Gasteiger partial charge in [0.25, 0.3) is 0 Å². The van der Waals surface area contributed by atoms with Crippen molar-refractivity contribution in [1.82, 2.24) is 0 Å². The number of carboxylic acid groups (broad SMARTS) is 1. The van der Waals surface area contributed by atoms with Crippen LogP contribution in [0.25, 0.3) is 0 Å². The van der Waals surface area contributed by atoms with Crippen molar-refractivity contribution in [2.75, 3.05) is 18.0 Å². The second-order valence-corrected chi connectivity index (χ2v) is 6.42.